The van der Waals surface area contributed by atoms with E-state index in [4.69, 9.17) is 10.7 Å². The standard InChI is InChI=1S/C13H6ClF4NO3S/c14-23(21,22)7-1-2-9(15)8(5-7)13(20)19-6-3-10(16)12(18)11(17)4-6/h1-5H,(H,19,20). The topological polar surface area (TPSA) is 63.2 Å². The van der Waals surface area contributed by atoms with Gasteiger partial charge in [0.1, 0.15) is 5.82 Å². The lowest BCUT2D eigenvalue weighted by molar-refractivity contribution is 0.102. The number of nitrogens with one attached hydrogen (secondary N) is 1. The van der Waals surface area contributed by atoms with Crippen molar-refractivity contribution in [1.82, 2.24) is 0 Å². The number of amides is 1. The molecule has 0 aromatic heterocycles. The van der Waals surface area contributed by atoms with Crippen molar-refractivity contribution in [3.05, 3.63) is 59.2 Å². The van der Waals surface area contributed by atoms with Crippen LogP contribution in [-0.2, 0) is 9.05 Å². The van der Waals surface area contributed by atoms with Crippen molar-refractivity contribution in [2.75, 3.05) is 5.32 Å². The Morgan fingerprint density at radius 3 is 2.04 bits per heavy atom. The molecule has 4 nitrogen and oxygen atoms in total. The minimum absolute atomic E-state index is 0.482. The van der Waals surface area contributed by atoms with Gasteiger partial charge in [-0.25, -0.2) is 26.0 Å². The Morgan fingerprint density at radius 2 is 1.52 bits per heavy atom. The van der Waals surface area contributed by atoms with Gasteiger partial charge in [-0.15, -0.1) is 0 Å². The van der Waals surface area contributed by atoms with Gasteiger partial charge in [0.15, 0.2) is 17.5 Å². The van der Waals surface area contributed by atoms with Gasteiger partial charge < -0.3 is 5.32 Å². The molecule has 2 rings (SSSR count). The van der Waals surface area contributed by atoms with E-state index in [2.05, 4.69) is 0 Å². The molecule has 0 radical (unpaired) electrons. The first-order valence-corrected chi connectivity index (χ1v) is 8.10. The zero-order chi connectivity index (χ0) is 17.4. The van der Waals surface area contributed by atoms with Gasteiger partial charge in [0.05, 0.1) is 10.5 Å². The van der Waals surface area contributed by atoms with Crippen LogP contribution >= 0.6 is 10.7 Å². The lowest BCUT2D eigenvalue weighted by atomic mass is 10.2. The highest BCUT2D eigenvalue weighted by molar-refractivity contribution is 8.13. The second-order valence-corrected chi connectivity index (χ2v) is 6.85. The Hall–Kier alpha value is -2.13. The number of hydrogen-bond acceptors (Lipinski definition) is 3. The fourth-order valence-corrected chi connectivity index (χ4v) is 2.43. The van der Waals surface area contributed by atoms with Crippen LogP contribution in [-0.4, -0.2) is 14.3 Å². The number of rotatable bonds is 3. The van der Waals surface area contributed by atoms with E-state index >= 15 is 0 Å². The molecule has 1 amide bonds. The smallest absolute Gasteiger partial charge is 0.261 e. The maximum atomic E-state index is 13.6. The molecule has 2 aromatic rings. The van der Waals surface area contributed by atoms with E-state index in [1.807, 2.05) is 5.32 Å². The fraction of sp³-hybridized carbons (Fsp3) is 0. The first-order chi connectivity index (χ1) is 10.6. The summed E-state index contributed by atoms with van der Waals surface area (Å²) in [5, 5.41) is 1.92. The Balaban J connectivity index is 2.38. The molecule has 0 saturated carbocycles. The van der Waals surface area contributed by atoms with E-state index in [9.17, 15) is 30.8 Å². The summed E-state index contributed by atoms with van der Waals surface area (Å²) in [4.78, 5) is 11.4. The van der Waals surface area contributed by atoms with E-state index < -0.39 is 54.4 Å². The summed E-state index contributed by atoms with van der Waals surface area (Å²) in [5.74, 6) is -7.13. The third-order valence-electron chi connectivity index (χ3n) is 2.71. The largest absolute Gasteiger partial charge is 0.322 e. The van der Waals surface area contributed by atoms with Crippen molar-refractivity contribution in [3.8, 4) is 0 Å². The Labute approximate surface area is 132 Å². The highest BCUT2D eigenvalue weighted by atomic mass is 35.7. The van der Waals surface area contributed by atoms with E-state index in [1.54, 1.807) is 0 Å². The maximum absolute atomic E-state index is 13.6. The predicted molar refractivity (Wildman–Crippen MR) is 73.7 cm³/mol. The third kappa shape index (κ3) is 3.80. The molecule has 0 unspecified atom stereocenters. The van der Waals surface area contributed by atoms with Gasteiger partial charge in [0.2, 0.25) is 0 Å². The number of hydrogen-bond donors (Lipinski definition) is 1. The van der Waals surface area contributed by atoms with Crippen molar-refractivity contribution < 1.29 is 30.8 Å². The summed E-state index contributed by atoms with van der Waals surface area (Å²) >= 11 is 0. The quantitative estimate of drug-likeness (QED) is 0.513. The zero-order valence-electron chi connectivity index (χ0n) is 10.9. The average molecular weight is 368 g/mol. The number of benzene rings is 2. The Kier molecular flexibility index (Phi) is 4.62. The van der Waals surface area contributed by atoms with Gasteiger partial charge in [-0.3, -0.25) is 4.79 Å². The van der Waals surface area contributed by atoms with Gasteiger partial charge in [0, 0.05) is 28.5 Å². The molecule has 0 saturated heterocycles. The monoisotopic (exact) mass is 367 g/mol. The minimum Gasteiger partial charge on any atom is -0.322 e. The van der Waals surface area contributed by atoms with Crippen LogP contribution in [0.3, 0.4) is 0 Å². The predicted octanol–water partition coefficient (Wildman–Crippen LogP) is 3.42. The summed E-state index contributed by atoms with van der Waals surface area (Å²) < 4.78 is 74.9. The maximum Gasteiger partial charge on any atom is 0.261 e. The average Bonchev–Trinajstić information content (AvgIpc) is 2.43. The Morgan fingerprint density at radius 1 is 0.957 bits per heavy atom. The Bertz CT molecular complexity index is 879. The lowest BCUT2D eigenvalue weighted by Crippen LogP contribution is -2.15. The molecular weight excluding hydrogens is 362 g/mol. The van der Waals surface area contributed by atoms with Gasteiger partial charge >= 0.3 is 0 Å². The van der Waals surface area contributed by atoms with E-state index in [0.29, 0.717) is 24.3 Å². The molecule has 0 aliphatic rings. The highest BCUT2D eigenvalue weighted by Gasteiger charge is 2.19. The molecule has 23 heavy (non-hydrogen) atoms. The molecule has 122 valence electrons. The van der Waals surface area contributed by atoms with Crippen molar-refractivity contribution in [2.24, 2.45) is 0 Å². The van der Waals surface area contributed by atoms with Crippen LogP contribution in [0.4, 0.5) is 23.2 Å². The van der Waals surface area contributed by atoms with Crippen LogP contribution in [0.2, 0.25) is 0 Å². The summed E-state index contributed by atoms with van der Waals surface area (Å²) in [6.45, 7) is 0. The van der Waals surface area contributed by atoms with Gasteiger partial charge in [0.25, 0.3) is 15.0 Å². The number of anilines is 1. The number of carbonyl (C=O) groups is 1. The van der Waals surface area contributed by atoms with Crippen molar-refractivity contribution in [2.45, 2.75) is 4.90 Å². The summed E-state index contributed by atoms with van der Waals surface area (Å²) in [7, 11) is 0.872. The van der Waals surface area contributed by atoms with Crippen molar-refractivity contribution in [3.63, 3.8) is 0 Å². The van der Waals surface area contributed by atoms with Gasteiger partial charge in [-0.05, 0) is 18.2 Å². The van der Waals surface area contributed by atoms with E-state index in [1.165, 1.54) is 0 Å². The molecule has 0 aliphatic heterocycles. The van der Waals surface area contributed by atoms with E-state index in [0.717, 1.165) is 6.07 Å². The molecule has 10 heteroatoms. The molecule has 0 spiro atoms. The summed E-state index contributed by atoms with van der Waals surface area (Å²) in [6, 6.07) is 3.15. The van der Waals surface area contributed by atoms with Crippen LogP contribution in [0.15, 0.2) is 35.2 Å². The molecule has 0 fully saturated rings. The van der Waals surface area contributed by atoms with Crippen molar-refractivity contribution >= 4 is 31.3 Å². The third-order valence-corrected chi connectivity index (χ3v) is 4.06. The lowest BCUT2D eigenvalue weighted by Gasteiger charge is -2.08. The molecule has 1 N–H and O–H groups in total. The highest BCUT2D eigenvalue weighted by Crippen LogP contribution is 2.21. The minimum atomic E-state index is -4.21. The molecule has 0 bridgehead atoms. The number of carbonyl (C=O) groups excluding carboxylic acids is 1. The van der Waals surface area contributed by atoms with Gasteiger partial charge in [-0.2, -0.15) is 0 Å². The normalized spacial score (nSPS) is 11.3. The molecule has 2 aromatic carbocycles. The SMILES string of the molecule is O=C(Nc1cc(F)c(F)c(F)c1)c1cc(S(=O)(=O)Cl)ccc1F. The van der Waals surface area contributed by atoms with Crippen LogP contribution in [0.1, 0.15) is 10.4 Å². The van der Waals surface area contributed by atoms with Crippen LogP contribution < -0.4 is 5.32 Å². The molecule has 0 heterocycles. The summed E-state index contributed by atoms with van der Waals surface area (Å²) in [5.41, 5.74) is -1.21. The van der Waals surface area contributed by atoms with Crippen LogP contribution in [0.25, 0.3) is 0 Å². The summed E-state index contributed by atoms with van der Waals surface area (Å²) in [6.07, 6.45) is 0. The second kappa shape index (κ2) is 6.17. The molecule has 0 atom stereocenters. The number of halogens is 5. The van der Waals surface area contributed by atoms with Crippen molar-refractivity contribution in [1.29, 1.82) is 0 Å². The van der Waals surface area contributed by atoms with Crippen LogP contribution in [0.5, 0.6) is 0 Å². The fourth-order valence-electron chi connectivity index (χ4n) is 1.66. The van der Waals surface area contributed by atoms with E-state index in [-0.39, 0.29) is 0 Å². The molecule has 0 aliphatic carbocycles. The first kappa shape index (κ1) is 17.2. The first-order valence-electron chi connectivity index (χ1n) is 5.79. The second-order valence-electron chi connectivity index (χ2n) is 4.29. The van der Waals surface area contributed by atoms with Crippen LogP contribution in [0, 0.1) is 23.3 Å². The zero-order valence-corrected chi connectivity index (χ0v) is 12.5. The van der Waals surface area contributed by atoms with Gasteiger partial charge in [-0.1, -0.05) is 0 Å². The molecular formula is C13H6ClF4NO3S.